The first-order valence-corrected chi connectivity index (χ1v) is 6.20. The van der Waals surface area contributed by atoms with E-state index >= 15 is 0 Å². The largest absolute Gasteiger partial charge is 0.492 e. The summed E-state index contributed by atoms with van der Waals surface area (Å²) in [5.74, 6) is -0.194. The molecule has 0 fully saturated rings. The van der Waals surface area contributed by atoms with Gasteiger partial charge in [0.25, 0.3) is 12.3 Å². The molecule has 0 saturated carbocycles. The van der Waals surface area contributed by atoms with Gasteiger partial charge in [-0.1, -0.05) is 6.08 Å². The van der Waals surface area contributed by atoms with E-state index in [1.807, 2.05) is 0 Å². The number of nitrogens with two attached hydrogens (primary N) is 1. The van der Waals surface area contributed by atoms with Crippen LogP contribution in [0.25, 0.3) is 0 Å². The van der Waals surface area contributed by atoms with Gasteiger partial charge in [-0.2, -0.15) is 0 Å². The van der Waals surface area contributed by atoms with Gasteiger partial charge in [0.05, 0.1) is 13.7 Å². The third kappa shape index (κ3) is 3.82. The molecule has 0 aliphatic rings. The second-order valence-corrected chi connectivity index (χ2v) is 4.50. The minimum absolute atomic E-state index is 0.130. The normalized spacial score (nSPS) is 10.3. The van der Waals surface area contributed by atoms with Crippen LogP contribution in [-0.2, 0) is 0 Å². The SMILES string of the molecule is C=CCNC(=O)c1sc(NCC(F)F)c(OC)c1N. The number of carbonyl (C=O) groups excluding carboxylic acids is 1. The zero-order chi connectivity index (χ0) is 14.4. The number of hydrogen-bond acceptors (Lipinski definition) is 5. The van der Waals surface area contributed by atoms with Gasteiger partial charge in [0.15, 0.2) is 5.75 Å². The van der Waals surface area contributed by atoms with E-state index in [4.69, 9.17) is 10.5 Å². The van der Waals surface area contributed by atoms with Crippen molar-refractivity contribution in [1.82, 2.24) is 5.32 Å². The molecule has 106 valence electrons. The lowest BCUT2D eigenvalue weighted by Crippen LogP contribution is -2.23. The molecule has 8 heteroatoms. The van der Waals surface area contributed by atoms with Gasteiger partial charge in [-0.3, -0.25) is 4.79 Å². The minimum atomic E-state index is -2.51. The van der Waals surface area contributed by atoms with Crippen LogP contribution in [0.2, 0.25) is 0 Å². The molecule has 0 spiro atoms. The van der Waals surface area contributed by atoms with Crippen LogP contribution in [0.4, 0.5) is 19.5 Å². The van der Waals surface area contributed by atoms with Crippen molar-refractivity contribution < 1.29 is 18.3 Å². The molecule has 0 atom stereocenters. The number of thiophene rings is 1. The van der Waals surface area contributed by atoms with Gasteiger partial charge in [0.1, 0.15) is 15.6 Å². The van der Waals surface area contributed by atoms with Crippen LogP contribution in [0.15, 0.2) is 12.7 Å². The smallest absolute Gasteiger partial charge is 0.263 e. The maximum Gasteiger partial charge on any atom is 0.263 e. The number of nitrogen functional groups attached to an aromatic ring is 1. The Morgan fingerprint density at radius 3 is 2.84 bits per heavy atom. The predicted molar refractivity (Wildman–Crippen MR) is 72.3 cm³/mol. The molecular weight excluding hydrogens is 276 g/mol. The number of amides is 1. The molecule has 0 radical (unpaired) electrons. The van der Waals surface area contributed by atoms with Gasteiger partial charge in [-0.05, 0) is 0 Å². The predicted octanol–water partition coefficient (Wildman–Crippen LogP) is 1.93. The third-order valence-corrected chi connectivity index (χ3v) is 3.28. The standard InChI is InChI=1S/C11H15F2N3O2S/c1-3-4-15-10(17)9-7(14)8(18-2)11(19-9)16-5-6(12)13/h3,6,16H,1,4-5,14H2,2H3,(H,15,17). The van der Waals surface area contributed by atoms with Crippen molar-refractivity contribution in [1.29, 1.82) is 0 Å². The number of alkyl halides is 2. The number of ether oxygens (including phenoxy) is 1. The van der Waals surface area contributed by atoms with E-state index < -0.39 is 18.9 Å². The molecule has 4 N–H and O–H groups in total. The highest BCUT2D eigenvalue weighted by Crippen LogP contribution is 2.42. The van der Waals surface area contributed by atoms with E-state index in [-0.39, 0.29) is 22.9 Å². The fourth-order valence-corrected chi connectivity index (χ4v) is 2.34. The van der Waals surface area contributed by atoms with Crippen molar-refractivity contribution in [3.05, 3.63) is 17.5 Å². The molecule has 0 bridgehead atoms. The molecule has 1 amide bonds. The highest BCUT2D eigenvalue weighted by Gasteiger charge is 2.21. The Labute approximate surface area is 113 Å². The van der Waals surface area contributed by atoms with Crippen LogP contribution in [-0.4, -0.2) is 32.5 Å². The highest BCUT2D eigenvalue weighted by molar-refractivity contribution is 7.19. The lowest BCUT2D eigenvalue weighted by Gasteiger charge is -2.05. The van der Waals surface area contributed by atoms with Gasteiger partial charge >= 0.3 is 0 Å². The second-order valence-electron chi connectivity index (χ2n) is 3.48. The van der Waals surface area contributed by atoms with Gasteiger partial charge in [0.2, 0.25) is 0 Å². The zero-order valence-corrected chi connectivity index (χ0v) is 11.2. The molecule has 1 heterocycles. The molecule has 1 aromatic rings. The van der Waals surface area contributed by atoms with Crippen molar-refractivity contribution >= 4 is 27.9 Å². The highest BCUT2D eigenvalue weighted by atomic mass is 32.1. The summed E-state index contributed by atoms with van der Waals surface area (Å²) in [7, 11) is 1.36. The van der Waals surface area contributed by atoms with Crippen LogP contribution in [0, 0.1) is 0 Å². The number of carbonyl (C=O) groups is 1. The minimum Gasteiger partial charge on any atom is -0.492 e. The summed E-state index contributed by atoms with van der Waals surface area (Å²) >= 11 is 0.970. The van der Waals surface area contributed by atoms with E-state index in [2.05, 4.69) is 17.2 Å². The molecular formula is C11H15F2N3O2S. The Bertz CT molecular complexity index is 463. The number of nitrogens with one attached hydrogen (secondary N) is 2. The Morgan fingerprint density at radius 2 is 2.32 bits per heavy atom. The molecule has 0 aromatic carbocycles. The Balaban J connectivity index is 2.94. The molecule has 0 unspecified atom stereocenters. The van der Waals surface area contributed by atoms with E-state index in [0.29, 0.717) is 5.00 Å². The quantitative estimate of drug-likeness (QED) is 0.671. The van der Waals surface area contributed by atoms with Crippen LogP contribution in [0.3, 0.4) is 0 Å². The lowest BCUT2D eigenvalue weighted by molar-refractivity contribution is 0.0962. The number of anilines is 2. The second kappa shape index (κ2) is 6.93. The van der Waals surface area contributed by atoms with Crippen molar-refractivity contribution in [2.45, 2.75) is 6.43 Å². The summed E-state index contributed by atoms with van der Waals surface area (Å²) in [6, 6.07) is 0. The lowest BCUT2D eigenvalue weighted by atomic mass is 10.3. The number of rotatable bonds is 7. The fourth-order valence-electron chi connectivity index (χ4n) is 1.33. The number of halogens is 2. The molecule has 1 aromatic heterocycles. The van der Waals surface area contributed by atoms with Gasteiger partial charge in [-0.25, -0.2) is 8.78 Å². The maximum atomic E-state index is 12.2. The van der Waals surface area contributed by atoms with Crippen molar-refractivity contribution in [3.63, 3.8) is 0 Å². The summed E-state index contributed by atoms with van der Waals surface area (Å²) in [5.41, 5.74) is 5.90. The summed E-state index contributed by atoms with van der Waals surface area (Å²) < 4.78 is 29.4. The summed E-state index contributed by atoms with van der Waals surface area (Å²) in [5, 5.41) is 5.37. The van der Waals surface area contributed by atoms with E-state index in [9.17, 15) is 13.6 Å². The van der Waals surface area contributed by atoms with E-state index in [1.54, 1.807) is 0 Å². The van der Waals surface area contributed by atoms with E-state index in [0.717, 1.165) is 11.3 Å². The molecule has 1 rings (SSSR count). The average Bonchev–Trinajstić information content (AvgIpc) is 2.69. The van der Waals surface area contributed by atoms with Crippen molar-refractivity contribution in [2.75, 3.05) is 31.2 Å². The van der Waals surface area contributed by atoms with Crippen LogP contribution < -0.4 is 21.1 Å². The first-order valence-electron chi connectivity index (χ1n) is 5.38. The van der Waals surface area contributed by atoms with Gasteiger partial charge in [-0.15, -0.1) is 17.9 Å². The zero-order valence-electron chi connectivity index (χ0n) is 10.3. The van der Waals surface area contributed by atoms with Crippen molar-refractivity contribution in [3.8, 4) is 5.75 Å². The maximum absolute atomic E-state index is 12.2. The summed E-state index contributed by atoms with van der Waals surface area (Å²) in [4.78, 5) is 12.0. The number of hydrogen-bond donors (Lipinski definition) is 3. The molecule has 19 heavy (non-hydrogen) atoms. The van der Waals surface area contributed by atoms with Crippen molar-refractivity contribution in [2.24, 2.45) is 0 Å². The first-order chi connectivity index (χ1) is 9.01. The number of methoxy groups -OCH3 is 1. The Kier molecular flexibility index (Phi) is 5.56. The van der Waals surface area contributed by atoms with Crippen LogP contribution in [0.1, 0.15) is 9.67 Å². The van der Waals surface area contributed by atoms with Gasteiger partial charge < -0.3 is 21.1 Å². The average molecular weight is 291 g/mol. The molecule has 5 nitrogen and oxygen atoms in total. The molecule has 0 aliphatic heterocycles. The van der Waals surface area contributed by atoms with Crippen LogP contribution in [0.5, 0.6) is 5.75 Å². The summed E-state index contributed by atoms with van der Waals surface area (Å²) in [6.45, 7) is 3.23. The topological polar surface area (TPSA) is 76.4 Å². The molecule has 0 aliphatic carbocycles. The Hall–Kier alpha value is -1.83. The van der Waals surface area contributed by atoms with Gasteiger partial charge in [0, 0.05) is 6.54 Å². The monoisotopic (exact) mass is 291 g/mol. The Morgan fingerprint density at radius 1 is 1.63 bits per heavy atom. The molecule has 0 saturated heterocycles. The summed E-state index contributed by atoms with van der Waals surface area (Å²) in [6.07, 6.45) is -0.986. The third-order valence-electron chi connectivity index (χ3n) is 2.13. The van der Waals surface area contributed by atoms with E-state index in [1.165, 1.54) is 13.2 Å². The van der Waals surface area contributed by atoms with Crippen LogP contribution >= 0.6 is 11.3 Å². The fraction of sp³-hybridized carbons (Fsp3) is 0.364. The first kappa shape index (κ1) is 15.2.